The first-order valence-electron chi connectivity index (χ1n) is 4.99. The van der Waals surface area contributed by atoms with Crippen LogP contribution in [0, 0.1) is 6.92 Å². The Labute approximate surface area is 83.5 Å². The minimum absolute atomic E-state index is 0.553. The average Bonchev–Trinajstić information content (AvgIpc) is 2.51. The molecule has 1 aromatic heterocycles. The quantitative estimate of drug-likeness (QED) is 0.731. The predicted octanol–water partition coefficient (Wildman–Crippen LogP) is 0.172. The van der Waals surface area contributed by atoms with E-state index in [1.165, 1.54) is 0 Å². The van der Waals surface area contributed by atoms with Crippen LogP contribution in [0.1, 0.15) is 18.6 Å². The Bertz CT molecular complexity index is 299. The predicted molar refractivity (Wildman–Crippen MR) is 51.8 cm³/mol. The van der Waals surface area contributed by atoms with E-state index < -0.39 is 0 Å². The van der Waals surface area contributed by atoms with Crippen LogP contribution in [0.15, 0.2) is 4.52 Å². The van der Waals surface area contributed by atoms with Gasteiger partial charge in [-0.25, -0.2) is 0 Å². The summed E-state index contributed by atoms with van der Waals surface area (Å²) in [6.07, 6.45) is 0. The van der Waals surface area contributed by atoms with Crippen molar-refractivity contribution < 1.29 is 4.52 Å². The van der Waals surface area contributed by atoms with E-state index in [0.717, 1.165) is 32.0 Å². The highest BCUT2D eigenvalue weighted by Gasteiger charge is 2.17. The van der Waals surface area contributed by atoms with Gasteiger partial charge in [-0.2, -0.15) is 4.98 Å². The molecular weight excluding hydrogens is 180 g/mol. The highest BCUT2D eigenvalue weighted by molar-refractivity contribution is 4.86. The van der Waals surface area contributed by atoms with E-state index in [9.17, 15) is 0 Å². The molecule has 0 saturated carbocycles. The maximum absolute atomic E-state index is 4.93. The molecule has 5 heteroatoms. The fourth-order valence-corrected chi connectivity index (χ4v) is 1.76. The summed E-state index contributed by atoms with van der Waals surface area (Å²) in [6, 6.07) is 0.553. The zero-order chi connectivity index (χ0) is 9.97. The van der Waals surface area contributed by atoms with Crippen molar-refractivity contribution in [3.63, 3.8) is 0 Å². The van der Waals surface area contributed by atoms with Crippen LogP contribution >= 0.6 is 0 Å². The number of aromatic nitrogens is 2. The lowest BCUT2D eigenvalue weighted by molar-refractivity contribution is 0.193. The van der Waals surface area contributed by atoms with Gasteiger partial charge in [0, 0.05) is 32.6 Å². The van der Waals surface area contributed by atoms with Crippen molar-refractivity contribution in [2.75, 3.05) is 19.6 Å². The lowest BCUT2D eigenvalue weighted by atomic mass is 10.2. The summed E-state index contributed by atoms with van der Waals surface area (Å²) in [6.45, 7) is 7.94. The number of hydrogen-bond donors (Lipinski definition) is 1. The second kappa shape index (κ2) is 4.06. The molecule has 1 unspecified atom stereocenters. The van der Waals surface area contributed by atoms with Gasteiger partial charge in [-0.3, -0.25) is 4.90 Å². The van der Waals surface area contributed by atoms with Gasteiger partial charge in [-0.1, -0.05) is 5.16 Å². The van der Waals surface area contributed by atoms with E-state index in [1.54, 1.807) is 0 Å². The van der Waals surface area contributed by atoms with Crippen molar-refractivity contribution in [3.05, 3.63) is 11.7 Å². The molecule has 14 heavy (non-hydrogen) atoms. The van der Waals surface area contributed by atoms with Gasteiger partial charge in [0.1, 0.15) is 0 Å². The topological polar surface area (TPSA) is 54.2 Å². The molecule has 0 radical (unpaired) electrons. The lowest BCUT2D eigenvalue weighted by Crippen LogP contribution is -2.48. The van der Waals surface area contributed by atoms with Gasteiger partial charge >= 0.3 is 0 Å². The van der Waals surface area contributed by atoms with Crippen LogP contribution in [0.5, 0.6) is 0 Å². The first kappa shape index (κ1) is 9.61. The fourth-order valence-electron chi connectivity index (χ4n) is 1.76. The Morgan fingerprint density at radius 2 is 2.50 bits per heavy atom. The van der Waals surface area contributed by atoms with Crippen LogP contribution in [0.25, 0.3) is 0 Å². The number of nitrogens with zero attached hydrogens (tertiary/aromatic N) is 3. The Morgan fingerprint density at radius 1 is 1.64 bits per heavy atom. The molecule has 78 valence electrons. The van der Waals surface area contributed by atoms with E-state index in [0.29, 0.717) is 11.9 Å². The zero-order valence-electron chi connectivity index (χ0n) is 8.66. The van der Waals surface area contributed by atoms with Crippen molar-refractivity contribution in [3.8, 4) is 0 Å². The third-order valence-corrected chi connectivity index (χ3v) is 2.39. The SMILES string of the molecule is Cc1nc(CN2CCNC(C)C2)no1. The van der Waals surface area contributed by atoms with E-state index >= 15 is 0 Å². The van der Waals surface area contributed by atoms with Crippen LogP contribution in [-0.4, -0.2) is 40.7 Å². The van der Waals surface area contributed by atoms with Gasteiger partial charge in [0.15, 0.2) is 5.82 Å². The van der Waals surface area contributed by atoms with Gasteiger partial charge in [-0.05, 0) is 6.92 Å². The lowest BCUT2D eigenvalue weighted by Gasteiger charge is -2.30. The summed E-state index contributed by atoms with van der Waals surface area (Å²) in [4.78, 5) is 6.53. The second-order valence-corrected chi connectivity index (χ2v) is 3.82. The molecule has 0 aromatic carbocycles. The molecule has 0 amide bonds. The van der Waals surface area contributed by atoms with E-state index in [-0.39, 0.29) is 0 Å². The first-order chi connectivity index (χ1) is 6.74. The molecule has 1 aliphatic rings. The van der Waals surface area contributed by atoms with Crippen molar-refractivity contribution >= 4 is 0 Å². The molecule has 2 rings (SSSR count). The standard InChI is InChI=1S/C9H16N4O/c1-7-5-13(4-3-10-7)6-9-11-8(2)14-12-9/h7,10H,3-6H2,1-2H3. The van der Waals surface area contributed by atoms with Crippen LogP contribution < -0.4 is 5.32 Å². The largest absolute Gasteiger partial charge is 0.340 e. The summed E-state index contributed by atoms with van der Waals surface area (Å²) >= 11 is 0. The van der Waals surface area contributed by atoms with Gasteiger partial charge in [0.2, 0.25) is 5.89 Å². The Balaban J connectivity index is 1.90. The van der Waals surface area contributed by atoms with Crippen molar-refractivity contribution in [2.45, 2.75) is 26.4 Å². The normalized spacial score (nSPS) is 24.0. The van der Waals surface area contributed by atoms with Gasteiger partial charge in [0.25, 0.3) is 0 Å². The molecule has 2 heterocycles. The minimum Gasteiger partial charge on any atom is -0.340 e. The van der Waals surface area contributed by atoms with E-state index in [1.807, 2.05) is 6.92 Å². The molecule has 5 nitrogen and oxygen atoms in total. The summed E-state index contributed by atoms with van der Waals surface area (Å²) in [5, 5.41) is 7.28. The van der Waals surface area contributed by atoms with E-state index in [4.69, 9.17) is 4.52 Å². The van der Waals surface area contributed by atoms with Gasteiger partial charge in [-0.15, -0.1) is 0 Å². The zero-order valence-corrected chi connectivity index (χ0v) is 8.66. The molecule has 1 saturated heterocycles. The van der Waals surface area contributed by atoms with Crippen LogP contribution in [0.4, 0.5) is 0 Å². The van der Waals surface area contributed by atoms with Crippen molar-refractivity contribution in [2.24, 2.45) is 0 Å². The van der Waals surface area contributed by atoms with Gasteiger partial charge < -0.3 is 9.84 Å². The Hall–Kier alpha value is -0.940. The molecule has 1 fully saturated rings. The number of hydrogen-bond acceptors (Lipinski definition) is 5. The van der Waals surface area contributed by atoms with E-state index in [2.05, 4.69) is 27.3 Å². The number of nitrogens with one attached hydrogen (secondary N) is 1. The summed E-state index contributed by atoms with van der Waals surface area (Å²) < 4.78 is 4.93. The molecule has 0 spiro atoms. The molecule has 1 aromatic rings. The summed E-state index contributed by atoms with van der Waals surface area (Å²) in [5.41, 5.74) is 0. The Morgan fingerprint density at radius 3 is 3.14 bits per heavy atom. The maximum Gasteiger partial charge on any atom is 0.223 e. The maximum atomic E-state index is 4.93. The number of rotatable bonds is 2. The third kappa shape index (κ3) is 2.30. The Kier molecular flexibility index (Phi) is 2.79. The molecule has 0 aliphatic carbocycles. The highest BCUT2D eigenvalue weighted by Crippen LogP contribution is 2.04. The average molecular weight is 196 g/mol. The second-order valence-electron chi connectivity index (χ2n) is 3.82. The van der Waals surface area contributed by atoms with Crippen molar-refractivity contribution in [1.29, 1.82) is 0 Å². The number of aryl methyl sites for hydroxylation is 1. The first-order valence-corrected chi connectivity index (χ1v) is 4.99. The number of piperazine rings is 1. The van der Waals surface area contributed by atoms with Crippen LogP contribution in [-0.2, 0) is 6.54 Å². The van der Waals surface area contributed by atoms with Crippen LogP contribution in [0.3, 0.4) is 0 Å². The minimum atomic E-state index is 0.553. The molecule has 1 atom stereocenters. The third-order valence-electron chi connectivity index (χ3n) is 2.39. The van der Waals surface area contributed by atoms with Crippen LogP contribution in [0.2, 0.25) is 0 Å². The monoisotopic (exact) mass is 196 g/mol. The molecule has 1 aliphatic heterocycles. The summed E-state index contributed by atoms with van der Waals surface area (Å²) in [7, 11) is 0. The molecule has 0 bridgehead atoms. The molecule has 1 N–H and O–H groups in total. The molecular formula is C9H16N4O. The summed E-state index contributed by atoms with van der Waals surface area (Å²) in [5.74, 6) is 1.43. The smallest absolute Gasteiger partial charge is 0.223 e. The fraction of sp³-hybridized carbons (Fsp3) is 0.778. The highest BCUT2D eigenvalue weighted by atomic mass is 16.5. The van der Waals surface area contributed by atoms with Crippen molar-refractivity contribution in [1.82, 2.24) is 20.4 Å². The van der Waals surface area contributed by atoms with Gasteiger partial charge in [0.05, 0.1) is 6.54 Å².